The van der Waals surface area contributed by atoms with Crippen LogP contribution in [0.25, 0.3) is 0 Å². The van der Waals surface area contributed by atoms with Crippen molar-refractivity contribution < 1.29 is 17.9 Å². The summed E-state index contributed by atoms with van der Waals surface area (Å²) in [5, 5.41) is 2.91. The van der Waals surface area contributed by atoms with Gasteiger partial charge in [0.15, 0.2) is 0 Å². The van der Waals surface area contributed by atoms with Crippen molar-refractivity contribution in [2.24, 2.45) is 0 Å². The highest BCUT2D eigenvalue weighted by Crippen LogP contribution is 2.24. The van der Waals surface area contributed by atoms with E-state index in [0.29, 0.717) is 18.3 Å². The summed E-state index contributed by atoms with van der Waals surface area (Å²) < 4.78 is 33.0. The molecule has 1 aliphatic rings. The molecule has 8 heteroatoms. The van der Waals surface area contributed by atoms with Crippen molar-refractivity contribution in [2.45, 2.75) is 50.1 Å². The van der Waals surface area contributed by atoms with Crippen molar-refractivity contribution in [2.75, 3.05) is 26.7 Å². The second kappa shape index (κ2) is 8.95. The van der Waals surface area contributed by atoms with Gasteiger partial charge in [0.2, 0.25) is 10.0 Å². The van der Waals surface area contributed by atoms with Crippen LogP contribution in [0.3, 0.4) is 0 Å². The smallest absolute Gasteiger partial charge is 0.255 e. The SMILES string of the molecule is C#CC(C)(C)NS(=O)(=O)c1ccc(OC)c(C(=O)NC[C@@H]2CCCN2CC)c1. The lowest BCUT2D eigenvalue weighted by Crippen LogP contribution is -2.42. The number of likely N-dealkylation sites (N-methyl/N-ethyl adjacent to an activating group) is 1. The number of likely N-dealkylation sites (tertiary alicyclic amines) is 1. The number of rotatable bonds is 8. The summed E-state index contributed by atoms with van der Waals surface area (Å²) >= 11 is 0. The third-order valence-electron chi connectivity index (χ3n) is 4.88. The van der Waals surface area contributed by atoms with E-state index < -0.39 is 15.6 Å². The van der Waals surface area contributed by atoms with Crippen molar-refractivity contribution in [3.05, 3.63) is 23.8 Å². The van der Waals surface area contributed by atoms with Gasteiger partial charge in [-0.15, -0.1) is 6.42 Å². The third-order valence-corrected chi connectivity index (χ3v) is 6.53. The summed E-state index contributed by atoms with van der Waals surface area (Å²) in [5.74, 6) is 2.33. The molecule has 1 aliphatic heterocycles. The van der Waals surface area contributed by atoms with E-state index in [0.717, 1.165) is 25.9 Å². The minimum absolute atomic E-state index is 0.0437. The van der Waals surface area contributed by atoms with Crippen LogP contribution in [-0.4, -0.2) is 57.5 Å². The molecule has 154 valence electrons. The van der Waals surface area contributed by atoms with Crippen LogP contribution < -0.4 is 14.8 Å². The summed E-state index contributed by atoms with van der Waals surface area (Å²) in [5.41, 5.74) is -0.877. The number of benzene rings is 1. The minimum atomic E-state index is -3.89. The van der Waals surface area contributed by atoms with Gasteiger partial charge in [-0.1, -0.05) is 12.8 Å². The predicted molar refractivity (Wildman–Crippen MR) is 109 cm³/mol. The number of carbonyl (C=O) groups is 1. The molecule has 1 aromatic rings. The van der Waals surface area contributed by atoms with Crippen LogP contribution in [0.1, 0.15) is 44.0 Å². The molecule has 7 nitrogen and oxygen atoms in total. The molecule has 1 atom stereocenters. The van der Waals surface area contributed by atoms with E-state index >= 15 is 0 Å². The van der Waals surface area contributed by atoms with E-state index in [2.05, 4.69) is 27.8 Å². The van der Waals surface area contributed by atoms with Crippen LogP contribution >= 0.6 is 0 Å². The molecule has 1 heterocycles. The number of terminal acetylenes is 1. The highest BCUT2D eigenvalue weighted by molar-refractivity contribution is 7.89. The first-order valence-electron chi connectivity index (χ1n) is 9.35. The average Bonchev–Trinajstić information content (AvgIpc) is 3.12. The second-order valence-electron chi connectivity index (χ2n) is 7.37. The molecule has 0 saturated carbocycles. The average molecular weight is 408 g/mol. The molecule has 2 N–H and O–H groups in total. The fourth-order valence-corrected chi connectivity index (χ4v) is 4.67. The Hall–Kier alpha value is -2.08. The first-order valence-corrected chi connectivity index (χ1v) is 10.8. The van der Waals surface area contributed by atoms with Gasteiger partial charge in [0, 0.05) is 12.6 Å². The Morgan fingerprint density at radius 2 is 2.14 bits per heavy atom. The van der Waals surface area contributed by atoms with Crippen LogP contribution in [0.5, 0.6) is 5.75 Å². The monoisotopic (exact) mass is 407 g/mol. The van der Waals surface area contributed by atoms with Gasteiger partial charge in [-0.05, 0) is 58.0 Å². The highest BCUT2D eigenvalue weighted by Gasteiger charge is 2.27. The zero-order valence-electron chi connectivity index (χ0n) is 16.9. The molecule has 0 aliphatic carbocycles. The van der Waals surface area contributed by atoms with Crippen LogP contribution in [0.15, 0.2) is 23.1 Å². The number of methoxy groups -OCH3 is 1. The first kappa shape index (κ1) is 22.2. The van der Waals surface area contributed by atoms with Crippen LogP contribution in [-0.2, 0) is 10.0 Å². The van der Waals surface area contributed by atoms with E-state index in [4.69, 9.17) is 11.2 Å². The Bertz CT molecular complexity index is 859. The zero-order valence-corrected chi connectivity index (χ0v) is 17.7. The van der Waals surface area contributed by atoms with Crippen molar-refractivity contribution >= 4 is 15.9 Å². The Kier molecular flexibility index (Phi) is 7.10. The van der Waals surface area contributed by atoms with Crippen molar-refractivity contribution in [3.8, 4) is 18.1 Å². The van der Waals surface area contributed by atoms with E-state index in [1.54, 1.807) is 13.8 Å². The summed E-state index contributed by atoms with van der Waals surface area (Å²) in [4.78, 5) is 15.0. The summed E-state index contributed by atoms with van der Waals surface area (Å²) in [7, 11) is -2.45. The molecule has 1 saturated heterocycles. The molecule has 0 bridgehead atoms. The molecule has 0 radical (unpaired) electrons. The number of ether oxygens (including phenoxy) is 1. The Labute approximate surface area is 167 Å². The molecular formula is C20H29N3O4S. The Morgan fingerprint density at radius 1 is 1.43 bits per heavy atom. The number of nitrogens with zero attached hydrogens (tertiary/aromatic N) is 1. The number of amides is 1. The third kappa shape index (κ3) is 5.25. The van der Waals surface area contributed by atoms with E-state index in [-0.39, 0.29) is 16.4 Å². The van der Waals surface area contributed by atoms with Crippen molar-refractivity contribution in [1.29, 1.82) is 0 Å². The van der Waals surface area contributed by atoms with Gasteiger partial charge in [0.1, 0.15) is 5.75 Å². The van der Waals surface area contributed by atoms with Gasteiger partial charge in [0.05, 0.1) is 23.1 Å². The lowest BCUT2D eigenvalue weighted by molar-refractivity contribution is 0.0938. The summed E-state index contributed by atoms with van der Waals surface area (Å²) in [6, 6.07) is 4.47. The van der Waals surface area contributed by atoms with Gasteiger partial charge >= 0.3 is 0 Å². The van der Waals surface area contributed by atoms with E-state index in [1.807, 2.05) is 0 Å². The lowest BCUT2D eigenvalue weighted by atomic mass is 10.1. The number of hydrogen-bond acceptors (Lipinski definition) is 5. The molecule has 0 aromatic heterocycles. The number of nitrogens with one attached hydrogen (secondary N) is 2. The predicted octanol–water partition coefficient (Wildman–Crippen LogP) is 1.60. The van der Waals surface area contributed by atoms with Gasteiger partial charge in [-0.25, -0.2) is 8.42 Å². The maximum absolute atomic E-state index is 12.7. The summed E-state index contributed by atoms with van der Waals surface area (Å²) in [6.45, 7) is 7.75. The number of hydrogen-bond donors (Lipinski definition) is 2. The van der Waals surface area contributed by atoms with Crippen molar-refractivity contribution in [1.82, 2.24) is 14.9 Å². The first-order chi connectivity index (χ1) is 13.1. The van der Waals surface area contributed by atoms with Gasteiger partial charge < -0.3 is 10.1 Å². The summed E-state index contributed by atoms with van der Waals surface area (Å²) in [6.07, 6.45) is 7.52. The standard InChI is InChI=1S/C20H29N3O4S/c1-6-20(3,4)22-28(25,26)16-10-11-18(27-5)17(13-16)19(24)21-14-15-9-8-12-23(15)7-2/h1,10-11,13,15,22H,7-9,12,14H2,2-5H3,(H,21,24)/t15-/m0/s1. The zero-order chi connectivity index (χ0) is 20.9. The number of carbonyl (C=O) groups excluding carboxylic acids is 1. The molecule has 28 heavy (non-hydrogen) atoms. The lowest BCUT2D eigenvalue weighted by Gasteiger charge is -2.23. The minimum Gasteiger partial charge on any atom is -0.496 e. The molecule has 1 fully saturated rings. The molecule has 1 aromatic carbocycles. The molecule has 2 rings (SSSR count). The fourth-order valence-electron chi connectivity index (χ4n) is 3.30. The maximum Gasteiger partial charge on any atom is 0.255 e. The van der Waals surface area contributed by atoms with Crippen molar-refractivity contribution in [3.63, 3.8) is 0 Å². The topological polar surface area (TPSA) is 87.7 Å². The molecule has 0 unspecified atom stereocenters. The second-order valence-corrected chi connectivity index (χ2v) is 9.05. The van der Waals surface area contributed by atoms with Crippen LogP contribution in [0.4, 0.5) is 0 Å². The maximum atomic E-state index is 12.7. The molecule has 1 amide bonds. The van der Waals surface area contributed by atoms with Crippen LogP contribution in [0.2, 0.25) is 0 Å². The molecule has 0 spiro atoms. The Morgan fingerprint density at radius 3 is 2.75 bits per heavy atom. The quantitative estimate of drug-likeness (QED) is 0.639. The van der Waals surface area contributed by atoms with Crippen LogP contribution in [0, 0.1) is 12.3 Å². The molecular weight excluding hydrogens is 378 g/mol. The van der Waals surface area contributed by atoms with Gasteiger partial charge in [0.25, 0.3) is 5.91 Å². The largest absolute Gasteiger partial charge is 0.496 e. The Balaban J connectivity index is 2.22. The normalized spacial score (nSPS) is 17.9. The van der Waals surface area contributed by atoms with Gasteiger partial charge in [-0.2, -0.15) is 4.72 Å². The fraction of sp³-hybridized carbons (Fsp3) is 0.550. The van der Waals surface area contributed by atoms with Gasteiger partial charge in [-0.3, -0.25) is 9.69 Å². The van der Waals surface area contributed by atoms with E-state index in [9.17, 15) is 13.2 Å². The highest BCUT2D eigenvalue weighted by atomic mass is 32.2. The number of sulfonamides is 1. The van der Waals surface area contributed by atoms with E-state index in [1.165, 1.54) is 25.3 Å².